The molecule has 0 unspecified atom stereocenters. The molecule has 160 valence electrons. The molecule has 0 radical (unpaired) electrons. The number of imide groups is 1. The van der Waals surface area contributed by atoms with Crippen LogP contribution in [-0.2, 0) is 26.3 Å². The van der Waals surface area contributed by atoms with Gasteiger partial charge in [0.15, 0.2) is 0 Å². The Balaban J connectivity index is 1.55. The van der Waals surface area contributed by atoms with Crippen LogP contribution >= 0.6 is 11.6 Å². The van der Waals surface area contributed by atoms with E-state index in [9.17, 15) is 19.5 Å². The van der Waals surface area contributed by atoms with Crippen LogP contribution in [0.4, 0.5) is 5.69 Å². The smallest absolute Gasteiger partial charge is 0.250 e. The van der Waals surface area contributed by atoms with E-state index >= 15 is 0 Å². The second kappa shape index (κ2) is 7.15. The van der Waals surface area contributed by atoms with Gasteiger partial charge in [-0.1, -0.05) is 48.0 Å². The van der Waals surface area contributed by atoms with E-state index in [0.29, 0.717) is 28.3 Å². The van der Waals surface area contributed by atoms with E-state index in [1.54, 1.807) is 19.1 Å². The zero-order valence-corrected chi connectivity index (χ0v) is 17.6. The molecule has 3 aliphatic rings. The van der Waals surface area contributed by atoms with Gasteiger partial charge in [-0.15, -0.1) is 0 Å². The predicted molar refractivity (Wildman–Crippen MR) is 114 cm³/mol. The Bertz CT molecular complexity index is 1110. The van der Waals surface area contributed by atoms with Gasteiger partial charge in [0.2, 0.25) is 17.7 Å². The van der Waals surface area contributed by atoms with Crippen molar-refractivity contribution in [1.29, 1.82) is 0 Å². The molecule has 8 heteroatoms. The molecule has 2 aromatic carbocycles. The third-order valence-corrected chi connectivity index (χ3v) is 7.25. The number of amides is 3. The summed E-state index contributed by atoms with van der Waals surface area (Å²) in [5.41, 5.74) is 1.47. The summed E-state index contributed by atoms with van der Waals surface area (Å²) in [6.07, 6.45) is 0.527. The van der Waals surface area contributed by atoms with Crippen molar-refractivity contribution < 1.29 is 19.5 Å². The van der Waals surface area contributed by atoms with E-state index in [2.05, 4.69) is 10.6 Å². The highest BCUT2D eigenvalue weighted by Gasteiger charge is 2.70. The van der Waals surface area contributed by atoms with Crippen LogP contribution in [0.1, 0.15) is 16.7 Å². The largest absolute Gasteiger partial charge is 0.395 e. The fourth-order valence-electron chi connectivity index (χ4n) is 5.31. The molecule has 0 aliphatic carbocycles. The molecule has 2 saturated heterocycles. The van der Waals surface area contributed by atoms with Gasteiger partial charge in [0.1, 0.15) is 5.54 Å². The summed E-state index contributed by atoms with van der Waals surface area (Å²) in [7, 11) is 0. The monoisotopic (exact) mass is 439 g/mol. The zero-order chi connectivity index (χ0) is 21.9. The molecule has 3 amide bonds. The molecule has 5 rings (SSSR count). The second-order valence-corrected chi connectivity index (χ2v) is 8.76. The molecule has 0 bridgehead atoms. The molecule has 3 N–H and O–H groups in total. The van der Waals surface area contributed by atoms with Gasteiger partial charge in [-0.25, -0.2) is 0 Å². The van der Waals surface area contributed by atoms with Crippen LogP contribution in [0.5, 0.6) is 0 Å². The first-order chi connectivity index (χ1) is 14.9. The van der Waals surface area contributed by atoms with Gasteiger partial charge in [0.05, 0.1) is 24.1 Å². The Morgan fingerprint density at radius 3 is 2.55 bits per heavy atom. The minimum atomic E-state index is -1.41. The van der Waals surface area contributed by atoms with Crippen LogP contribution in [0.15, 0.2) is 42.5 Å². The molecular weight excluding hydrogens is 418 g/mol. The third kappa shape index (κ3) is 2.70. The number of nitrogens with zero attached hydrogens (tertiary/aromatic N) is 1. The van der Waals surface area contributed by atoms with Crippen LogP contribution in [0.25, 0.3) is 0 Å². The minimum absolute atomic E-state index is 0.233. The van der Waals surface area contributed by atoms with Crippen molar-refractivity contribution in [2.75, 3.05) is 18.5 Å². The van der Waals surface area contributed by atoms with Gasteiger partial charge >= 0.3 is 0 Å². The first-order valence-corrected chi connectivity index (χ1v) is 10.7. The van der Waals surface area contributed by atoms with Crippen molar-refractivity contribution in [3.05, 3.63) is 64.2 Å². The van der Waals surface area contributed by atoms with Crippen molar-refractivity contribution in [1.82, 2.24) is 10.2 Å². The molecule has 2 aromatic rings. The van der Waals surface area contributed by atoms with Gasteiger partial charge in [0.25, 0.3) is 0 Å². The predicted octanol–water partition coefficient (Wildman–Crippen LogP) is 1.60. The van der Waals surface area contributed by atoms with Crippen LogP contribution < -0.4 is 10.6 Å². The number of likely N-dealkylation sites (tertiary alicyclic amines) is 1. The number of rotatable bonds is 4. The van der Waals surface area contributed by atoms with E-state index in [0.717, 1.165) is 5.56 Å². The molecule has 1 spiro atoms. The number of carbonyl (C=O) groups is 3. The number of benzene rings is 2. The maximum absolute atomic E-state index is 13.5. The van der Waals surface area contributed by atoms with Crippen LogP contribution in [0.2, 0.25) is 5.02 Å². The third-order valence-electron chi connectivity index (χ3n) is 6.84. The summed E-state index contributed by atoms with van der Waals surface area (Å²) in [6, 6.07) is 12.3. The normalized spacial score (nSPS) is 28.9. The summed E-state index contributed by atoms with van der Waals surface area (Å²) in [6.45, 7) is 1.67. The van der Waals surface area contributed by atoms with Crippen molar-refractivity contribution >= 4 is 35.0 Å². The number of aliphatic hydroxyl groups excluding tert-OH is 1. The van der Waals surface area contributed by atoms with Crippen LogP contribution in [-0.4, -0.2) is 46.9 Å². The van der Waals surface area contributed by atoms with E-state index in [-0.39, 0.29) is 25.0 Å². The first kappa shape index (κ1) is 20.2. The van der Waals surface area contributed by atoms with Gasteiger partial charge in [0, 0.05) is 23.2 Å². The highest BCUT2D eigenvalue weighted by atomic mass is 35.5. The summed E-state index contributed by atoms with van der Waals surface area (Å²) in [5, 5.41) is 16.5. The van der Waals surface area contributed by atoms with Crippen molar-refractivity contribution in [2.24, 2.45) is 11.8 Å². The highest BCUT2D eigenvalue weighted by Crippen LogP contribution is 2.53. The number of hydrogen-bond donors (Lipinski definition) is 3. The average Bonchev–Trinajstić information content (AvgIpc) is 3.35. The Morgan fingerprint density at radius 1 is 1.10 bits per heavy atom. The lowest BCUT2D eigenvalue weighted by molar-refractivity contribution is -0.142. The Hall–Kier alpha value is -2.74. The van der Waals surface area contributed by atoms with Gasteiger partial charge in [-0.2, -0.15) is 0 Å². The molecule has 2 fully saturated rings. The van der Waals surface area contributed by atoms with Crippen LogP contribution in [0.3, 0.4) is 0 Å². The fraction of sp³-hybridized carbons (Fsp3) is 0.348. The lowest BCUT2D eigenvalue weighted by Gasteiger charge is -2.29. The number of fused-ring (bicyclic) bond motifs is 4. The summed E-state index contributed by atoms with van der Waals surface area (Å²) >= 11 is 6.24. The highest BCUT2D eigenvalue weighted by molar-refractivity contribution is 6.32. The Kier molecular flexibility index (Phi) is 4.66. The van der Waals surface area contributed by atoms with Crippen molar-refractivity contribution in [3.8, 4) is 0 Å². The number of nitrogens with one attached hydrogen (secondary N) is 2. The number of carbonyl (C=O) groups excluding carboxylic acids is 3. The quantitative estimate of drug-likeness (QED) is 0.628. The molecule has 0 saturated carbocycles. The maximum atomic E-state index is 13.5. The zero-order valence-electron chi connectivity index (χ0n) is 16.9. The average molecular weight is 440 g/mol. The van der Waals surface area contributed by atoms with E-state index < -0.39 is 29.3 Å². The first-order valence-electron chi connectivity index (χ1n) is 10.3. The molecule has 7 nitrogen and oxygen atoms in total. The summed E-state index contributed by atoms with van der Waals surface area (Å²) < 4.78 is 0. The minimum Gasteiger partial charge on any atom is -0.395 e. The lowest BCUT2D eigenvalue weighted by atomic mass is 9.76. The van der Waals surface area contributed by atoms with Gasteiger partial charge in [-0.05, 0) is 30.5 Å². The molecule has 3 aliphatic heterocycles. The lowest BCUT2D eigenvalue weighted by Crippen LogP contribution is -2.53. The molecule has 31 heavy (non-hydrogen) atoms. The van der Waals surface area contributed by atoms with Crippen molar-refractivity contribution in [3.63, 3.8) is 0 Å². The molecular formula is C23H22ClN3O4. The topological polar surface area (TPSA) is 98.7 Å². The Labute approximate surface area is 184 Å². The molecule has 4 atom stereocenters. The maximum Gasteiger partial charge on any atom is 0.250 e. The number of hydrogen-bond acceptors (Lipinski definition) is 5. The van der Waals surface area contributed by atoms with E-state index in [4.69, 9.17) is 11.6 Å². The second-order valence-electron chi connectivity index (χ2n) is 8.36. The van der Waals surface area contributed by atoms with E-state index in [1.807, 2.05) is 30.3 Å². The van der Waals surface area contributed by atoms with Crippen LogP contribution in [0, 0.1) is 18.8 Å². The molecule has 0 aromatic heterocycles. The SMILES string of the molecule is Cc1c(Cl)ccc2c1NC(=O)[C@]21N[C@@H](CO)[C@H]2C(=O)N(CCc3ccccc3)C(=O)[C@H]21. The number of halogens is 1. The standard InChI is InChI=1S/C23H22ClN3O4/c1-12-15(24)8-7-14-19(12)25-22(31)23(14)18-17(16(11-28)26-23)20(29)27(21(18)30)10-9-13-5-3-2-4-6-13/h2-8,16-18,26,28H,9-11H2,1H3,(H,25,31)/t16-,17+,18-,23-/m0/s1. The fourth-order valence-corrected chi connectivity index (χ4v) is 5.47. The number of anilines is 1. The Morgan fingerprint density at radius 2 is 1.84 bits per heavy atom. The molecule has 3 heterocycles. The van der Waals surface area contributed by atoms with Gasteiger partial charge < -0.3 is 10.4 Å². The summed E-state index contributed by atoms with van der Waals surface area (Å²) in [4.78, 5) is 41.3. The van der Waals surface area contributed by atoms with E-state index in [1.165, 1.54) is 4.90 Å². The summed E-state index contributed by atoms with van der Waals surface area (Å²) in [5.74, 6) is -2.85. The van der Waals surface area contributed by atoms with Crippen molar-refractivity contribution in [2.45, 2.75) is 24.9 Å². The van der Waals surface area contributed by atoms with Gasteiger partial charge in [-0.3, -0.25) is 24.6 Å². The number of aliphatic hydroxyl groups is 1.